The number of piperidine rings is 2. The highest BCUT2D eigenvalue weighted by Crippen LogP contribution is 2.23. The first-order valence-corrected chi connectivity index (χ1v) is 12.6. The molecule has 2 saturated heterocycles. The van der Waals surface area contributed by atoms with E-state index in [0.29, 0.717) is 25.2 Å². The van der Waals surface area contributed by atoms with E-state index in [1.165, 1.54) is 0 Å². The van der Waals surface area contributed by atoms with Crippen molar-refractivity contribution in [2.45, 2.75) is 75.5 Å². The summed E-state index contributed by atoms with van der Waals surface area (Å²) in [7, 11) is 8.46. The maximum atomic E-state index is 13.2. The molecule has 32 heavy (non-hydrogen) atoms. The van der Waals surface area contributed by atoms with Gasteiger partial charge in [-0.05, 0) is 79.6 Å². The van der Waals surface area contributed by atoms with Crippen molar-refractivity contribution in [3.8, 4) is 0 Å². The fourth-order valence-electron chi connectivity index (χ4n) is 5.59. The van der Waals surface area contributed by atoms with Gasteiger partial charge in [0.05, 0.1) is 13.1 Å². The molecule has 0 atom stereocenters. The van der Waals surface area contributed by atoms with Crippen molar-refractivity contribution >= 4 is 11.8 Å². The van der Waals surface area contributed by atoms with Crippen molar-refractivity contribution in [1.82, 2.24) is 24.5 Å². The number of rotatable bonds is 7. The lowest BCUT2D eigenvalue weighted by atomic mass is 9.90. The van der Waals surface area contributed by atoms with Crippen LogP contribution < -0.4 is 5.73 Å². The highest BCUT2D eigenvalue weighted by Gasteiger charge is 2.32. The molecule has 0 spiro atoms. The maximum Gasteiger partial charge on any atom is 0.236 e. The van der Waals surface area contributed by atoms with Crippen LogP contribution in [0.25, 0.3) is 0 Å². The van der Waals surface area contributed by atoms with E-state index in [9.17, 15) is 9.59 Å². The third kappa shape index (κ3) is 6.89. The van der Waals surface area contributed by atoms with Crippen LogP contribution in [0.4, 0.5) is 0 Å². The Balaban J connectivity index is 1.57. The molecule has 3 aliphatic rings. The lowest BCUT2D eigenvalue weighted by molar-refractivity contribution is -0.138. The van der Waals surface area contributed by atoms with Crippen LogP contribution in [0.3, 0.4) is 0 Å². The second kappa shape index (κ2) is 11.8. The standard InChI is InChI=1S/C24H46N6O2/c1-26(2)20-9-13-28(14-10-20)23(31)17-30(22-7-5-19(25)6-8-22)18-24(32)29-15-11-21(12-16-29)27(3)4/h19-22H,5-18,25H2,1-4H3/t19-,22-. The van der Waals surface area contributed by atoms with Gasteiger partial charge in [0.25, 0.3) is 0 Å². The van der Waals surface area contributed by atoms with Crippen LogP contribution >= 0.6 is 0 Å². The normalized spacial score (nSPS) is 26.4. The van der Waals surface area contributed by atoms with E-state index in [4.69, 9.17) is 5.73 Å². The minimum absolute atomic E-state index is 0.177. The maximum absolute atomic E-state index is 13.2. The van der Waals surface area contributed by atoms with Gasteiger partial charge in [0, 0.05) is 50.3 Å². The highest BCUT2D eigenvalue weighted by atomic mass is 16.2. The number of carbonyl (C=O) groups excluding carboxylic acids is 2. The van der Waals surface area contributed by atoms with Gasteiger partial charge in [-0.15, -0.1) is 0 Å². The van der Waals surface area contributed by atoms with Crippen LogP contribution in [-0.2, 0) is 9.59 Å². The molecule has 0 unspecified atom stereocenters. The monoisotopic (exact) mass is 450 g/mol. The second-order valence-corrected chi connectivity index (χ2v) is 10.6. The average Bonchev–Trinajstić information content (AvgIpc) is 2.79. The molecule has 1 aliphatic carbocycles. The van der Waals surface area contributed by atoms with Crippen molar-refractivity contribution in [2.75, 3.05) is 67.5 Å². The number of amides is 2. The lowest BCUT2D eigenvalue weighted by Gasteiger charge is -2.40. The van der Waals surface area contributed by atoms with E-state index in [0.717, 1.165) is 77.5 Å². The molecule has 2 N–H and O–H groups in total. The van der Waals surface area contributed by atoms with Crippen LogP contribution in [0.5, 0.6) is 0 Å². The molecule has 8 heteroatoms. The first kappa shape index (κ1) is 25.4. The zero-order valence-corrected chi connectivity index (χ0v) is 20.8. The first-order valence-electron chi connectivity index (χ1n) is 12.6. The van der Waals surface area contributed by atoms with E-state index < -0.39 is 0 Å². The largest absolute Gasteiger partial charge is 0.341 e. The Morgan fingerprint density at radius 1 is 0.656 bits per heavy atom. The summed E-state index contributed by atoms with van der Waals surface area (Å²) in [6, 6.07) is 1.65. The Morgan fingerprint density at radius 3 is 1.38 bits per heavy atom. The van der Waals surface area contributed by atoms with Gasteiger partial charge in [-0.3, -0.25) is 14.5 Å². The second-order valence-electron chi connectivity index (χ2n) is 10.6. The molecule has 0 aromatic rings. The summed E-state index contributed by atoms with van der Waals surface area (Å²) in [5.41, 5.74) is 6.13. The molecule has 2 aliphatic heterocycles. The summed E-state index contributed by atoms with van der Waals surface area (Å²) in [6.45, 7) is 3.97. The molecular weight excluding hydrogens is 404 g/mol. The summed E-state index contributed by atoms with van der Waals surface area (Å²) >= 11 is 0. The first-order chi connectivity index (χ1) is 15.2. The zero-order chi connectivity index (χ0) is 23.3. The molecule has 1 saturated carbocycles. The van der Waals surface area contributed by atoms with Crippen molar-refractivity contribution in [3.63, 3.8) is 0 Å². The number of hydrogen-bond acceptors (Lipinski definition) is 6. The topological polar surface area (TPSA) is 76.4 Å². The molecule has 0 bridgehead atoms. The molecule has 0 radical (unpaired) electrons. The number of hydrogen-bond donors (Lipinski definition) is 1. The number of carbonyl (C=O) groups is 2. The van der Waals surface area contributed by atoms with E-state index in [2.05, 4.69) is 42.9 Å². The third-order valence-electron chi connectivity index (χ3n) is 8.03. The van der Waals surface area contributed by atoms with Gasteiger partial charge in [0.15, 0.2) is 0 Å². The van der Waals surface area contributed by atoms with Crippen molar-refractivity contribution in [2.24, 2.45) is 5.73 Å². The molecular formula is C24H46N6O2. The van der Waals surface area contributed by atoms with Gasteiger partial charge in [0.1, 0.15) is 0 Å². The van der Waals surface area contributed by atoms with E-state index in [1.54, 1.807) is 0 Å². The zero-order valence-electron chi connectivity index (χ0n) is 20.8. The Kier molecular flexibility index (Phi) is 9.34. The van der Waals surface area contributed by atoms with Gasteiger partial charge in [-0.25, -0.2) is 0 Å². The van der Waals surface area contributed by atoms with Crippen LogP contribution in [0.2, 0.25) is 0 Å². The van der Waals surface area contributed by atoms with Crippen LogP contribution in [-0.4, -0.2) is 128 Å². The fourth-order valence-corrected chi connectivity index (χ4v) is 5.59. The minimum atomic E-state index is 0.177. The molecule has 0 aromatic carbocycles. The molecule has 2 heterocycles. The van der Waals surface area contributed by atoms with Crippen LogP contribution in [0.15, 0.2) is 0 Å². The predicted octanol–water partition coefficient (Wildman–Crippen LogP) is 0.664. The van der Waals surface area contributed by atoms with Crippen molar-refractivity contribution < 1.29 is 9.59 Å². The molecule has 3 rings (SSSR count). The predicted molar refractivity (Wildman–Crippen MR) is 128 cm³/mol. The summed E-state index contributed by atoms with van der Waals surface area (Å²) in [6.07, 6.45) is 8.01. The highest BCUT2D eigenvalue weighted by molar-refractivity contribution is 5.81. The van der Waals surface area contributed by atoms with Gasteiger partial charge >= 0.3 is 0 Å². The summed E-state index contributed by atoms with van der Waals surface area (Å²) in [5, 5.41) is 0. The molecule has 8 nitrogen and oxygen atoms in total. The fraction of sp³-hybridized carbons (Fsp3) is 0.917. The Labute approximate surface area is 195 Å². The van der Waals surface area contributed by atoms with Crippen molar-refractivity contribution in [3.05, 3.63) is 0 Å². The molecule has 0 aromatic heterocycles. The number of nitrogens with two attached hydrogens (primary N) is 1. The molecule has 3 fully saturated rings. The smallest absolute Gasteiger partial charge is 0.236 e. The van der Waals surface area contributed by atoms with Gasteiger partial charge < -0.3 is 25.3 Å². The Morgan fingerprint density at radius 2 is 1.03 bits per heavy atom. The summed E-state index contributed by atoms with van der Waals surface area (Å²) < 4.78 is 0. The lowest BCUT2D eigenvalue weighted by Crippen LogP contribution is -2.53. The van der Waals surface area contributed by atoms with Gasteiger partial charge in [0.2, 0.25) is 11.8 Å². The SMILES string of the molecule is CN(C)C1CCN(C(=O)CN(CC(=O)N2CCC(N(C)C)CC2)[C@H]2CC[C@H](N)CC2)CC1. The van der Waals surface area contributed by atoms with Crippen molar-refractivity contribution in [1.29, 1.82) is 0 Å². The van der Waals surface area contributed by atoms with Crippen LogP contribution in [0, 0.1) is 0 Å². The quantitative estimate of drug-likeness (QED) is 0.614. The summed E-state index contributed by atoms with van der Waals surface area (Å²) in [4.78, 5) is 37.1. The molecule has 2 amide bonds. The van der Waals surface area contributed by atoms with Crippen LogP contribution in [0.1, 0.15) is 51.4 Å². The van der Waals surface area contributed by atoms with Gasteiger partial charge in [-0.2, -0.15) is 0 Å². The minimum Gasteiger partial charge on any atom is -0.341 e. The average molecular weight is 451 g/mol. The molecule has 184 valence electrons. The summed E-state index contributed by atoms with van der Waals surface area (Å²) in [5.74, 6) is 0.354. The number of likely N-dealkylation sites (tertiary alicyclic amines) is 2. The number of nitrogens with zero attached hydrogens (tertiary/aromatic N) is 5. The Bertz CT molecular complexity index is 562. The van der Waals surface area contributed by atoms with E-state index in [-0.39, 0.29) is 23.9 Å². The van der Waals surface area contributed by atoms with E-state index >= 15 is 0 Å². The Hall–Kier alpha value is -1.22. The third-order valence-corrected chi connectivity index (χ3v) is 8.03. The van der Waals surface area contributed by atoms with Gasteiger partial charge in [-0.1, -0.05) is 0 Å². The van der Waals surface area contributed by atoms with E-state index in [1.807, 2.05) is 9.80 Å².